The summed E-state index contributed by atoms with van der Waals surface area (Å²) in [6, 6.07) is 23.9. The van der Waals surface area contributed by atoms with Gasteiger partial charge in [-0.15, -0.1) is 0 Å². The van der Waals surface area contributed by atoms with Crippen molar-refractivity contribution in [2.75, 3.05) is 7.11 Å². The Morgan fingerprint density at radius 1 is 0.769 bits per heavy atom. The van der Waals surface area contributed by atoms with Crippen LogP contribution in [0.15, 0.2) is 72.8 Å². The first kappa shape index (κ1) is 18.3. The Hall–Kier alpha value is -2.49. The second kappa shape index (κ2) is 9.27. The molecule has 0 atom stereocenters. The van der Waals surface area contributed by atoms with Crippen LogP contribution in [0.25, 0.3) is 0 Å². The number of benzene rings is 3. The van der Waals surface area contributed by atoms with Crippen molar-refractivity contribution in [3.63, 3.8) is 0 Å². The fourth-order valence-electron chi connectivity index (χ4n) is 2.59. The van der Waals surface area contributed by atoms with Crippen LogP contribution in [0.1, 0.15) is 16.7 Å². The van der Waals surface area contributed by atoms with Crippen LogP contribution in [0.5, 0.6) is 11.5 Å². The summed E-state index contributed by atoms with van der Waals surface area (Å²) in [5, 5.41) is 4.17. The summed E-state index contributed by atoms with van der Waals surface area (Å²) in [6.45, 7) is 2.13. The van der Waals surface area contributed by atoms with E-state index in [1.807, 2.05) is 48.5 Å². The van der Waals surface area contributed by atoms with Gasteiger partial charge in [-0.25, -0.2) is 0 Å². The molecule has 26 heavy (non-hydrogen) atoms. The van der Waals surface area contributed by atoms with Gasteiger partial charge in [-0.2, -0.15) is 0 Å². The van der Waals surface area contributed by atoms with E-state index >= 15 is 0 Å². The van der Waals surface area contributed by atoms with Gasteiger partial charge in [-0.3, -0.25) is 0 Å². The van der Waals surface area contributed by atoms with Crippen molar-refractivity contribution < 1.29 is 9.47 Å². The summed E-state index contributed by atoms with van der Waals surface area (Å²) in [7, 11) is 1.68. The third kappa shape index (κ3) is 5.51. The van der Waals surface area contributed by atoms with Gasteiger partial charge < -0.3 is 14.8 Å². The molecule has 0 amide bonds. The van der Waals surface area contributed by atoms with E-state index in [4.69, 9.17) is 21.1 Å². The normalized spacial score (nSPS) is 10.5. The van der Waals surface area contributed by atoms with Gasteiger partial charge in [0.25, 0.3) is 0 Å². The van der Waals surface area contributed by atoms with Crippen LogP contribution in [0, 0.1) is 0 Å². The van der Waals surface area contributed by atoms with Gasteiger partial charge in [0.2, 0.25) is 0 Å². The zero-order valence-corrected chi connectivity index (χ0v) is 15.5. The third-order valence-electron chi connectivity index (χ3n) is 4.04. The lowest BCUT2D eigenvalue weighted by molar-refractivity contribution is 0.306. The Kier molecular flexibility index (Phi) is 6.53. The summed E-state index contributed by atoms with van der Waals surface area (Å²) in [4.78, 5) is 0. The first-order valence-corrected chi connectivity index (χ1v) is 8.90. The molecule has 0 bridgehead atoms. The lowest BCUT2D eigenvalue weighted by atomic mass is 10.2. The molecule has 0 heterocycles. The lowest BCUT2D eigenvalue weighted by Gasteiger charge is -2.09. The van der Waals surface area contributed by atoms with Gasteiger partial charge in [-0.1, -0.05) is 48.0 Å². The Morgan fingerprint density at radius 3 is 1.96 bits per heavy atom. The predicted molar refractivity (Wildman–Crippen MR) is 106 cm³/mol. The molecule has 0 aliphatic rings. The number of ether oxygens (including phenoxy) is 2. The second-order valence-corrected chi connectivity index (χ2v) is 6.45. The fraction of sp³-hybridized carbons (Fsp3) is 0.182. The highest BCUT2D eigenvalue weighted by molar-refractivity contribution is 6.30. The molecule has 3 rings (SSSR count). The molecular weight excluding hydrogens is 346 g/mol. The molecule has 0 saturated carbocycles. The topological polar surface area (TPSA) is 30.5 Å². The van der Waals surface area contributed by atoms with Gasteiger partial charge in [0.05, 0.1) is 7.11 Å². The summed E-state index contributed by atoms with van der Waals surface area (Å²) < 4.78 is 11.0. The van der Waals surface area contributed by atoms with Crippen LogP contribution < -0.4 is 14.8 Å². The lowest BCUT2D eigenvalue weighted by Crippen LogP contribution is -2.12. The Balaban J connectivity index is 1.45. The van der Waals surface area contributed by atoms with Crippen LogP contribution in [0.3, 0.4) is 0 Å². The van der Waals surface area contributed by atoms with E-state index in [1.54, 1.807) is 7.11 Å². The predicted octanol–water partition coefficient (Wildman–Crippen LogP) is 5.22. The molecule has 0 radical (unpaired) electrons. The SMILES string of the molecule is COc1ccc(CNCc2ccc(OCc3cccc(Cl)c3)cc2)cc1. The van der Waals surface area contributed by atoms with E-state index in [0.717, 1.165) is 35.2 Å². The maximum Gasteiger partial charge on any atom is 0.119 e. The second-order valence-electron chi connectivity index (χ2n) is 6.01. The first-order valence-electron chi connectivity index (χ1n) is 8.53. The van der Waals surface area contributed by atoms with Crippen LogP contribution in [0.2, 0.25) is 5.02 Å². The number of halogens is 1. The van der Waals surface area contributed by atoms with Crippen molar-refractivity contribution in [2.45, 2.75) is 19.7 Å². The van der Waals surface area contributed by atoms with Gasteiger partial charge >= 0.3 is 0 Å². The van der Waals surface area contributed by atoms with Gasteiger partial charge in [-0.05, 0) is 53.1 Å². The highest BCUT2D eigenvalue weighted by atomic mass is 35.5. The molecule has 0 aliphatic heterocycles. The average molecular weight is 368 g/mol. The zero-order valence-electron chi connectivity index (χ0n) is 14.7. The van der Waals surface area contributed by atoms with Crippen molar-refractivity contribution in [1.29, 1.82) is 0 Å². The summed E-state index contributed by atoms with van der Waals surface area (Å²) in [5.74, 6) is 1.73. The minimum absolute atomic E-state index is 0.510. The van der Waals surface area contributed by atoms with Crippen LogP contribution in [-0.4, -0.2) is 7.11 Å². The molecule has 3 nitrogen and oxygen atoms in total. The highest BCUT2D eigenvalue weighted by Gasteiger charge is 1.99. The van der Waals surface area contributed by atoms with E-state index in [9.17, 15) is 0 Å². The summed E-state index contributed by atoms with van der Waals surface area (Å²) in [6.07, 6.45) is 0. The quantitative estimate of drug-likeness (QED) is 0.592. The van der Waals surface area contributed by atoms with E-state index < -0.39 is 0 Å². The number of hydrogen-bond acceptors (Lipinski definition) is 3. The number of rotatable bonds is 8. The molecule has 0 spiro atoms. The smallest absolute Gasteiger partial charge is 0.119 e. The van der Waals surface area contributed by atoms with E-state index in [-0.39, 0.29) is 0 Å². The highest BCUT2D eigenvalue weighted by Crippen LogP contribution is 2.16. The van der Waals surface area contributed by atoms with Crippen molar-refractivity contribution in [3.05, 3.63) is 94.5 Å². The molecule has 1 N–H and O–H groups in total. The molecule has 0 saturated heterocycles. The monoisotopic (exact) mass is 367 g/mol. The molecule has 0 unspecified atom stereocenters. The minimum atomic E-state index is 0.510. The Labute approximate surface area is 159 Å². The molecular formula is C22H22ClNO2. The first-order chi connectivity index (χ1) is 12.7. The van der Waals surface area contributed by atoms with E-state index in [2.05, 4.69) is 29.6 Å². The van der Waals surface area contributed by atoms with Crippen molar-refractivity contribution >= 4 is 11.6 Å². The van der Waals surface area contributed by atoms with E-state index in [0.29, 0.717) is 6.61 Å². The number of hydrogen-bond donors (Lipinski definition) is 1. The Morgan fingerprint density at radius 2 is 1.38 bits per heavy atom. The van der Waals surface area contributed by atoms with Crippen molar-refractivity contribution in [3.8, 4) is 11.5 Å². The van der Waals surface area contributed by atoms with Gasteiger partial charge in [0.1, 0.15) is 18.1 Å². The third-order valence-corrected chi connectivity index (χ3v) is 4.27. The summed E-state index contributed by atoms with van der Waals surface area (Å²) >= 11 is 5.99. The number of nitrogens with one attached hydrogen (secondary N) is 1. The maximum absolute atomic E-state index is 5.99. The minimum Gasteiger partial charge on any atom is -0.497 e. The van der Waals surface area contributed by atoms with Crippen molar-refractivity contribution in [1.82, 2.24) is 5.32 Å². The molecule has 0 aromatic heterocycles. The standard InChI is InChI=1S/C22H22ClNO2/c1-25-21-9-5-17(6-10-21)14-24-15-18-7-11-22(12-8-18)26-16-19-3-2-4-20(23)13-19/h2-13,24H,14-16H2,1H3. The maximum atomic E-state index is 5.99. The molecule has 4 heteroatoms. The van der Waals surface area contributed by atoms with Crippen LogP contribution >= 0.6 is 11.6 Å². The molecule has 0 aliphatic carbocycles. The van der Waals surface area contributed by atoms with Gasteiger partial charge in [0, 0.05) is 18.1 Å². The summed E-state index contributed by atoms with van der Waals surface area (Å²) in [5.41, 5.74) is 3.50. The van der Waals surface area contributed by atoms with Crippen LogP contribution in [-0.2, 0) is 19.7 Å². The molecule has 3 aromatic rings. The molecule has 3 aromatic carbocycles. The molecule has 0 fully saturated rings. The van der Waals surface area contributed by atoms with Crippen molar-refractivity contribution in [2.24, 2.45) is 0 Å². The van der Waals surface area contributed by atoms with Crippen LogP contribution in [0.4, 0.5) is 0 Å². The largest absolute Gasteiger partial charge is 0.497 e. The van der Waals surface area contributed by atoms with Gasteiger partial charge in [0.15, 0.2) is 0 Å². The zero-order chi connectivity index (χ0) is 18.2. The average Bonchev–Trinajstić information content (AvgIpc) is 2.68. The van der Waals surface area contributed by atoms with E-state index in [1.165, 1.54) is 11.1 Å². The number of methoxy groups -OCH3 is 1. The molecule has 134 valence electrons. The fourth-order valence-corrected chi connectivity index (χ4v) is 2.80. The Bertz CT molecular complexity index is 816.